The third-order valence-corrected chi connectivity index (χ3v) is 8.14. The van der Waals surface area contributed by atoms with Gasteiger partial charge in [0, 0.05) is 32.2 Å². The Morgan fingerprint density at radius 2 is 1.68 bits per heavy atom. The van der Waals surface area contributed by atoms with E-state index in [-0.39, 0.29) is 21.3 Å². The molecule has 1 saturated heterocycles. The Bertz CT molecular complexity index is 1560. The standard InChI is InChI=1S/C28H35FN6O3S.C3H4F3NO/c1-28(2,3)38-27(37)33-25-22(32-24(39-25)19-10-6-7-11-20(19)29)23(36)31-21-16-30-35(17-18-12-13-18)26(21)34-14-8-4-5-9-15-34;1-7-2(8)3(4,5)6/h6-7,10-11,16,18H,4-5,8-9,12-15,17H2,1-3H3,(H,31,36)(H,33,37);1H3,(H,7,8). The van der Waals surface area contributed by atoms with E-state index in [0.29, 0.717) is 11.6 Å². The Balaban J connectivity index is 0.000000555. The fourth-order valence-corrected chi connectivity index (χ4v) is 5.77. The van der Waals surface area contributed by atoms with Crippen LogP contribution in [0.4, 0.5) is 38.9 Å². The first kappa shape index (κ1) is 35.6. The lowest BCUT2D eigenvalue weighted by molar-refractivity contribution is -0.172. The Hall–Kier alpha value is -4.21. The van der Waals surface area contributed by atoms with Gasteiger partial charge in [0.15, 0.2) is 11.5 Å². The summed E-state index contributed by atoms with van der Waals surface area (Å²) in [6.07, 6.45) is 3.16. The molecule has 256 valence electrons. The number of benzene rings is 1. The predicted molar refractivity (Wildman–Crippen MR) is 171 cm³/mol. The Morgan fingerprint density at radius 3 is 2.23 bits per heavy atom. The predicted octanol–water partition coefficient (Wildman–Crippen LogP) is 6.83. The maximum Gasteiger partial charge on any atom is 0.471 e. The first-order valence-electron chi connectivity index (χ1n) is 15.3. The highest BCUT2D eigenvalue weighted by molar-refractivity contribution is 7.19. The summed E-state index contributed by atoms with van der Waals surface area (Å²) in [5, 5.41) is 12.2. The zero-order valence-electron chi connectivity index (χ0n) is 26.7. The minimum absolute atomic E-state index is 0.0131. The van der Waals surface area contributed by atoms with Gasteiger partial charge in [0.2, 0.25) is 0 Å². The summed E-state index contributed by atoms with van der Waals surface area (Å²) in [5.41, 5.74) is 0.104. The second-order valence-electron chi connectivity index (χ2n) is 12.2. The number of alkyl halides is 3. The van der Waals surface area contributed by atoms with Crippen molar-refractivity contribution < 1.29 is 36.7 Å². The first-order valence-corrected chi connectivity index (χ1v) is 16.1. The lowest BCUT2D eigenvalue weighted by Crippen LogP contribution is -2.33. The molecule has 3 N–H and O–H groups in total. The Labute approximate surface area is 274 Å². The number of hydrogen-bond donors (Lipinski definition) is 3. The highest BCUT2D eigenvalue weighted by Gasteiger charge is 2.37. The molecule has 3 aromatic rings. The minimum atomic E-state index is -4.74. The van der Waals surface area contributed by atoms with E-state index < -0.39 is 35.5 Å². The van der Waals surface area contributed by atoms with Crippen LogP contribution in [0.25, 0.3) is 10.6 Å². The summed E-state index contributed by atoms with van der Waals surface area (Å²) in [7, 11) is 0.926. The second-order valence-corrected chi connectivity index (χ2v) is 13.2. The summed E-state index contributed by atoms with van der Waals surface area (Å²) in [6.45, 7) is 7.88. The molecule has 0 spiro atoms. The van der Waals surface area contributed by atoms with Crippen molar-refractivity contribution >= 4 is 45.8 Å². The van der Waals surface area contributed by atoms with Gasteiger partial charge in [-0.3, -0.25) is 14.9 Å². The number of rotatable bonds is 7. The van der Waals surface area contributed by atoms with Crippen LogP contribution < -0.4 is 20.9 Å². The maximum atomic E-state index is 14.6. The molecule has 0 atom stereocenters. The monoisotopic (exact) mass is 681 g/mol. The molecule has 47 heavy (non-hydrogen) atoms. The van der Waals surface area contributed by atoms with E-state index in [1.165, 1.54) is 37.1 Å². The topological polar surface area (TPSA) is 130 Å². The molecule has 11 nitrogen and oxygen atoms in total. The third kappa shape index (κ3) is 10.1. The number of carbonyl (C=O) groups excluding carboxylic acids is 3. The molecule has 1 saturated carbocycles. The SMILES string of the molecule is CC(C)(C)OC(=O)Nc1sc(-c2ccccc2F)nc1C(=O)Nc1cnn(CC2CC2)c1N1CCCCCC1.CNC(=O)C(F)(F)F. The molecule has 2 aliphatic rings. The molecule has 0 bridgehead atoms. The molecule has 1 aliphatic heterocycles. The van der Waals surface area contributed by atoms with E-state index in [9.17, 15) is 31.9 Å². The fraction of sp³-hybridized carbons (Fsp3) is 0.516. The molecule has 3 amide bonds. The van der Waals surface area contributed by atoms with Crippen LogP contribution >= 0.6 is 11.3 Å². The van der Waals surface area contributed by atoms with E-state index in [2.05, 4.69) is 25.6 Å². The zero-order chi connectivity index (χ0) is 34.4. The van der Waals surface area contributed by atoms with E-state index in [1.807, 2.05) is 4.68 Å². The largest absolute Gasteiger partial charge is 0.471 e. The van der Waals surface area contributed by atoms with Crippen LogP contribution in [0.5, 0.6) is 0 Å². The zero-order valence-corrected chi connectivity index (χ0v) is 27.5. The molecule has 16 heteroatoms. The van der Waals surface area contributed by atoms with Gasteiger partial charge >= 0.3 is 18.2 Å². The highest BCUT2D eigenvalue weighted by atomic mass is 32.1. The molecule has 0 radical (unpaired) electrons. The van der Waals surface area contributed by atoms with Crippen molar-refractivity contribution in [3.63, 3.8) is 0 Å². The van der Waals surface area contributed by atoms with Crippen LogP contribution in [-0.4, -0.2) is 64.6 Å². The van der Waals surface area contributed by atoms with E-state index in [4.69, 9.17) is 4.74 Å². The molecule has 2 aromatic heterocycles. The number of hydrogen-bond acceptors (Lipinski definition) is 8. The number of anilines is 3. The highest BCUT2D eigenvalue weighted by Crippen LogP contribution is 2.37. The number of ether oxygens (including phenoxy) is 1. The second kappa shape index (κ2) is 15.1. The summed E-state index contributed by atoms with van der Waals surface area (Å²) >= 11 is 1.02. The number of nitrogens with one attached hydrogen (secondary N) is 3. The van der Waals surface area contributed by atoms with Gasteiger partial charge in [-0.1, -0.05) is 36.3 Å². The van der Waals surface area contributed by atoms with Crippen LogP contribution in [0, 0.1) is 11.7 Å². The van der Waals surface area contributed by atoms with Crippen LogP contribution in [0.1, 0.15) is 69.8 Å². The molecular weight excluding hydrogens is 642 g/mol. The van der Waals surface area contributed by atoms with Gasteiger partial charge in [0.05, 0.1) is 6.20 Å². The normalized spacial score (nSPS) is 15.2. The van der Waals surface area contributed by atoms with E-state index in [1.54, 1.807) is 45.2 Å². The Morgan fingerprint density at radius 1 is 1.02 bits per heavy atom. The van der Waals surface area contributed by atoms with Gasteiger partial charge in [-0.15, -0.1) is 0 Å². The van der Waals surface area contributed by atoms with Crippen LogP contribution in [0.15, 0.2) is 30.5 Å². The first-order chi connectivity index (χ1) is 22.2. The van der Waals surface area contributed by atoms with Gasteiger partial charge in [-0.2, -0.15) is 18.3 Å². The van der Waals surface area contributed by atoms with E-state index >= 15 is 0 Å². The van der Waals surface area contributed by atoms with Gasteiger partial charge in [0.25, 0.3) is 5.91 Å². The maximum absolute atomic E-state index is 14.6. The van der Waals surface area contributed by atoms with Crippen LogP contribution in [0.2, 0.25) is 0 Å². The van der Waals surface area contributed by atoms with Gasteiger partial charge < -0.3 is 20.3 Å². The lowest BCUT2D eigenvalue weighted by Gasteiger charge is -2.25. The van der Waals surface area contributed by atoms with Crippen molar-refractivity contribution in [2.45, 2.75) is 77.6 Å². The molecule has 3 heterocycles. The summed E-state index contributed by atoms with van der Waals surface area (Å²) in [5.74, 6) is -1.37. The molecule has 0 unspecified atom stereocenters. The lowest BCUT2D eigenvalue weighted by atomic mass is 10.2. The van der Waals surface area contributed by atoms with Gasteiger partial charge in [-0.25, -0.2) is 18.9 Å². The van der Waals surface area contributed by atoms with Crippen molar-refractivity contribution in [2.75, 3.05) is 35.7 Å². The molecule has 1 aromatic carbocycles. The quantitative estimate of drug-likeness (QED) is 0.233. The van der Waals surface area contributed by atoms with Crippen LogP contribution in [-0.2, 0) is 16.1 Å². The minimum Gasteiger partial charge on any atom is -0.444 e. The number of amides is 3. The number of thiazole rings is 1. The van der Waals surface area contributed by atoms with Crippen molar-refractivity contribution in [3.8, 4) is 10.6 Å². The molecule has 5 rings (SSSR count). The summed E-state index contributed by atoms with van der Waals surface area (Å²) < 4.78 is 55.1. The number of nitrogens with zero attached hydrogens (tertiary/aromatic N) is 4. The fourth-order valence-electron chi connectivity index (χ4n) is 4.79. The van der Waals surface area contributed by atoms with E-state index in [0.717, 1.165) is 56.7 Å². The van der Waals surface area contributed by atoms with Crippen molar-refractivity contribution in [1.82, 2.24) is 20.1 Å². The molecule has 2 fully saturated rings. The average molecular weight is 682 g/mol. The smallest absolute Gasteiger partial charge is 0.444 e. The summed E-state index contributed by atoms with van der Waals surface area (Å²) in [6, 6.07) is 6.21. The van der Waals surface area contributed by atoms with Crippen molar-refractivity contribution in [2.24, 2.45) is 5.92 Å². The van der Waals surface area contributed by atoms with Crippen molar-refractivity contribution in [3.05, 3.63) is 42.0 Å². The average Bonchev–Trinajstić information content (AvgIpc) is 3.67. The van der Waals surface area contributed by atoms with Gasteiger partial charge in [0.1, 0.15) is 27.1 Å². The Kier molecular flexibility index (Phi) is 11.5. The van der Waals surface area contributed by atoms with Crippen LogP contribution in [0.3, 0.4) is 0 Å². The number of aromatic nitrogens is 3. The summed E-state index contributed by atoms with van der Waals surface area (Å²) in [4.78, 5) is 42.6. The van der Waals surface area contributed by atoms with Crippen molar-refractivity contribution in [1.29, 1.82) is 0 Å². The van der Waals surface area contributed by atoms with Gasteiger partial charge in [-0.05, 0) is 64.5 Å². The number of carbonyl (C=O) groups is 3. The number of halogens is 4. The third-order valence-electron chi connectivity index (χ3n) is 7.14. The molecular formula is C31H39F4N7O4S. The molecule has 1 aliphatic carbocycles.